The average molecular weight is 342 g/mol. The van der Waals surface area contributed by atoms with E-state index in [9.17, 15) is 9.59 Å². The molecule has 2 aromatic rings. The third kappa shape index (κ3) is 5.24. The summed E-state index contributed by atoms with van der Waals surface area (Å²) >= 11 is 0. The van der Waals surface area contributed by atoms with Crippen LogP contribution in [0.15, 0.2) is 42.5 Å². The molecule has 2 amide bonds. The van der Waals surface area contributed by atoms with Crippen LogP contribution in [0.25, 0.3) is 0 Å². The molecule has 0 fully saturated rings. The Morgan fingerprint density at radius 2 is 1.72 bits per heavy atom. The zero-order valence-corrected chi connectivity index (χ0v) is 14.6. The van der Waals surface area contributed by atoms with Gasteiger partial charge in [0.1, 0.15) is 5.75 Å². The first-order valence-corrected chi connectivity index (χ1v) is 8.14. The molecule has 0 unspecified atom stereocenters. The Balaban J connectivity index is 1.98. The highest BCUT2D eigenvalue weighted by molar-refractivity contribution is 6.00. The zero-order chi connectivity index (χ0) is 18.2. The minimum absolute atomic E-state index is 0.247. The molecule has 0 aliphatic rings. The van der Waals surface area contributed by atoms with Crippen molar-refractivity contribution in [3.05, 3.63) is 53.6 Å². The average Bonchev–Trinajstić information content (AvgIpc) is 2.58. The number of nitrogens with one attached hydrogen (secondary N) is 2. The van der Waals surface area contributed by atoms with Crippen molar-refractivity contribution in [3.63, 3.8) is 0 Å². The van der Waals surface area contributed by atoms with Gasteiger partial charge in [-0.05, 0) is 55.7 Å². The minimum atomic E-state index is -0.757. The van der Waals surface area contributed by atoms with Gasteiger partial charge in [0.05, 0.1) is 6.61 Å². The van der Waals surface area contributed by atoms with Gasteiger partial charge >= 0.3 is 12.2 Å². The van der Waals surface area contributed by atoms with Crippen molar-refractivity contribution >= 4 is 23.6 Å². The maximum Gasteiger partial charge on any atom is 0.513 e. The Morgan fingerprint density at radius 1 is 1.00 bits per heavy atom. The third-order valence-electron chi connectivity index (χ3n) is 3.55. The van der Waals surface area contributed by atoms with Crippen LogP contribution < -0.4 is 15.4 Å². The largest absolute Gasteiger partial charge is 0.513 e. The van der Waals surface area contributed by atoms with Gasteiger partial charge in [-0.15, -0.1) is 0 Å². The first-order chi connectivity index (χ1) is 12.0. The molecule has 25 heavy (non-hydrogen) atoms. The first-order valence-electron chi connectivity index (χ1n) is 8.14. The fourth-order valence-electron chi connectivity index (χ4n) is 2.33. The van der Waals surface area contributed by atoms with Gasteiger partial charge < -0.3 is 20.1 Å². The maximum atomic E-state index is 12.2. The minimum Gasteiger partial charge on any atom is -0.434 e. The molecule has 0 bridgehead atoms. The lowest BCUT2D eigenvalue weighted by atomic mass is 10.1. The van der Waals surface area contributed by atoms with E-state index in [2.05, 4.69) is 10.6 Å². The molecule has 0 aliphatic heterocycles. The van der Waals surface area contributed by atoms with Crippen LogP contribution in [-0.4, -0.2) is 18.8 Å². The SMILES string of the molecule is CCOC(=O)Oc1ccc(NC(=O)Nc2c(C)cccc2CC)cc1. The molecule has 0 aromatic heterocycles. The van der Waals surface area contributed by atoms with E-state index in [0.29, 0.717) is 11.4 Å². The van der Waals surface area contributed by atoms with Crippen LogP contribution in [-0.2, 0) is 11.2 Å². The summed E-state index contributed by atoms with van der Waals surface area (Å²) in [7, 11) is 0. The summed E-state index contributed by atoms with van der Waals surface area (Å²) in [6, 6.07) is 12.0. The van der Waals surface area contributed by atoms with Crippen LogP contribution in [0.4, 0.5) is 21.0 Å². The molecule has 0 saturated heterocycles. The van der Waals surface area contributed by atoms with Crippen LogP contribution >= 0.6 is 0 Å². The lowest BCUT2D eigenvalue weighted by Crippen LogP contribution is -2.20. The molecule has 2 aromatic carbocycles. The molecule has 0 heterocycles. The van der Waals surface area contributed by atoms with Gasteiger partial charge in [-0.2, -0.15) is 0 Å². The number of rotatable bonds is 5. The van der Waals surface area contributed by atoms with Gasteiger partial charge in [-0.1, -0.05) is 25.1 Å². The standard InChI is InChI=1S/C19H22N2O4/c1-4-14-8-6-7-13(3)17(14)21-18(22)20-15-9-11-16(12-10-15)25-19(23)24-5-2/h6-12H,4-5H2,1-3H3,(H2,20,21,22). The molecule has 0 aliphatic carbocycles. The molecule has 2 rings (SSSR count). The zero-order valence-electron chi connectivity index (χ0n) is 14.6. The van der Waals surface area contributed by atoms with E-state index in [1.165, 1.54) is 0 Å². The Labute approximate surface area is 147 Å². The Hall–Kier alpha value is -3.02. The van der Waals surface area contributed by atoms with Crippen molar-refractivity contribution in [1.82, 2.24) is 0 Å². The van der Waals surface area contributed by atoms with Crippen LogP contribution in [0.3, 0.4) is 0 Å². The van der Waals surface area contributed by atoms with E-state index < -0.39 is 6.16 Å². The number of amides is 2. The second-order valence-electron chi connectivity index (χ2n) is 5.35. The van der Waals surface area contributed by atoms with Crippen LogP contribution in [0.5, 0.6) is 5.75 Å². The lowest BCUT2D eigenvalue weighted by molar-refractivity contribution is 0.104. The molecule has 2 N–H and O–H groups in total. The van der Waals surface area contributed by atoms with Crippen molar-refractivity contribution in [2.75, 3.05) is 17.2 Å². The molecule has 6 heteroatoms. The van der Waals surface area contributed by atoms with Gasteiger partial charge in [0.15, 0.2) is 0 Å². The fourth-order valence-corrected chi connectivity index (χ4v) is 2.33. The Morgan fingerprint density at radius 3 is 2.36 bits per heavy atom. The van der Waals surface area contributed by atoms with Gasteiger partial charge in [0, 0.05) is 11.4 Å². The fraction of sp³-hybridized carbons (Fsp3) is 0.263. The van der Waals surface area contributed by atoms with E-state index in [4.69, 9.17) is 9.47 Å². The highest BCUT2D eigenvalue weighted by atomic mass is 16.7. The molecule has 0 spiro atoms. The number of anilines is 2. The second-order valence-corrected chi connectivity index (χ2v) is 5.35. The highest BCUT2D eigenvalue weighted by Crippen LogP contribution is 2.22. The Kier molecular flexibility index (Phi) is 6.39. The number of aryl methyl sites for hydroxylation is 2. The van der Waals surface area contributed by atoms with E-state index in [0.717, 1.165) is 23.2 Å². The highest BCUT2D eigenvalue weighted by Gasteiger charge is 2.09. The number of ether oxygens (including phenoxy) is 2. The van der Waals surface area contributed by atoms with E-state index in [1.807, 2.05) is 32.0 Å². The Bertz CT molecular complexity index is 742. The summed E-state index contributed by atoms with van der Waals surface area (Å²) in [6.07, 6.45) is 0.0737. The maximum absolute atomic E-state index is 12.2. The lowest BCUT2D eigenvalue weighted by Gasteiger charge is -2.14. The van der Waals surface area contributed by atoms with Crippen molar-refractivity contribution in [1.29, 1.82) is 0 Å². The van der Waals surface area contributed by atoms with Crippen molar-refractivity contribution < 1.29 is 19.1 Å². The van der Waals surface area contributed by atoms with Gasteiger partial charge in [0.25, 0.3) is 0 Å². The second kappa shape index (κ2) is 8.73. The van der Waals surface area contributed by atoms with Gasteiger partial charge in [-0.3, -0.25) is 0 Å². The predicted octanol–water partition coefficient (Wildman–Crippen LogP) is 4.74. The summed E-state index contributed by atoms with van der Waals surface area (Å²) < 4.78 is 9.67. The topological polar surface area (TPSA) is 76.7 Å². The van der Waals surface area contributed by atoms with E-state index >= 15 is 0 Å². The number of carbonyl (C=O) groups is 2. The van der Waals surface area contributed by atoms with E-state index in [-0.39, 0.29) is 12.6 Å². The first kappa shape index (κ1) is 18.3. The summed E-state index contributed by atoms with van der Waals surface area (Å²) in [5, 5.41) is 5.64. The van der Waals surface area contributed by atoms with Crippen molar-refractivity contribution in [3.8, 4) is 5.75 Å². The predicted molar refractivity (Wildman–Crippen MR) is 97.3 cm³/mol. The van der Waals surface area contributed by atoms with Crippen LogP contribution in [0.1, 0.15) is 25.0 Å². The molecule has 0 atom stereocenters. The molecule has 0 radical (unpaired) electrons. The van der Waals surface area contributed by atoms with Crippen LogP contribution in [0.2, 0.25) is 0 Å². The normalized spacial score (nSPS) is 10.0. The smallest absolute Gasteiger partial charge is 0.434 e. The van der Waals surface area contributed by atoms with Gasteiger partial charge in [0.2, 0.25) is 0 Å². The molecule has 132 valence electrons. The van der Waals surface area contributed by atoms with Crippen LogP contribution in [0, 0.1) is 6.92 Å². The quantitative estimate of drug-likeness (QED) is 0.608. The number of benzene rings is 2. The monoisotopic (exact) mass is 342 g/mol. The summed E-state index contributed by atoms with van der Waals surface area (Å²) in [4.78, 5) is 23.5. The third-order valence-corrected chi connectivity index (χ3v) is 3.55. The summed E-state index contributed by atoms with van der Waals surface area (Å²) in [5.74, 6) is 0.344. The number of urea groups is 1. The molecule has 6 nitrogen and oxygen atoms in total. The number of carbonyl (C=O) groups excluding carboxylic acids is 2. The number of hydrogen-bond acceptors (Lipinski definition) is 4. The molecular weight excluding hydrogens is 320 g/mol. The summed E-state index contributed by atoms with van der Waals surface area (Å²) in [5.41, 5.74) is 3.49. The molecular formula is C19H22N2O4. The number of para-hydroxylation sites is 1. The number of hydrogen-bond donors (Lipinski definition) is 2. The summed E-state index contributed by atoms with van der Waals surface area (Å²) in [6.45, 7) is 5.94. The van der Waals surface area contributed by atoms with E-state index in [1.54, 1.807) is 31.2 Å². The molecule has 0 saturated carbocycles. The van der Waals surface area contributed by atoms with Crippen molar-refractivity contribution in [2.24, 2.45) is 0 Å². The van der Waals surface area contributed by atoms with Gasteiger partial charge in [-0.25, -0.2) is 9.59 Å². The van der Waals surface area contributed by atoms with Crippen molar-refractivity contribution in [2.45, 2.75) is 27.2 Å².